The van der Waals surface area contributed by atoms with Crippen LogP contribution in [0.1, 0.15) is 80.9 Å². The molecule has 7 amide bonds. The molecule has 13 rings (SSSR count). The van der Waals surface area contributed by atoms with Crippen molar-refractivity contribution in [1.29, 1.82) is 0 Å². The van der Waals surface area contributed by atoms with Gasteiger partial charge in [-0.3, -0.25) is 44.3 Å². The third-order valence-corrected chi connectivity index (χ3v) is 17.2. The second-order valence-electron chi connectivity index (χ2n) is 23.8. The Balaban J connectivity index is 0.000000188. The van der Waals surface area contributed by atoms with Crippen molar-refractivity contribution < 1.29 is 75.4 Å². The molecular weight excluding hydrogens is 1730 g/mol. The number of benzene rings is 5. The van der Waals surface area contributed by atoms with E-state index in [2.05, 4.69) is 154 Å². The zero-order valence-electron chi connectivity index (χ0n) is 52.6. The van der Waals surface area contributed by atoms with E-state index in [-0.39, 0.29) is 66.8 Å². The molecule has 501 valence electrons. The van der Waals surface area contributed by atoms with E-state index < -0.39 is 18.8 Å². The number of pyridine rings is 2. The Morgan fingerprint density at radius 1 is 0.443 bits per heavy atom. The van der Waals surface area contributed by atoms with Gasteiger partial charge in [-0.2, -0.15) is 0 Å². The van der Waals surface area contributed by atoms with Crippen LogP contribution in [-0.2, 0) is 47.5 Å². The van der Waals surface area contributed by atoms with E-state index in [4.69, 9.17) is 4.74 Å². The fourth-order valence-corrected chi connectivity index (χ4v) is 12.3. The number of carbonyl (C=O) groups excluding carboxylic acids is 7. The minimum absolute atomic E-state index is 0.00523. The number of anilines is 4. The normalized spacial score (nSPS) is 16.8. The summed E-state index contributed by atoms with van der Waals surface area (Å²) < 4.78 is 4.46. The molecule has 0 unspecified atom stereocenters. The molecule has 97 heavy (non-hydrogen) atoms. The Labute approximate surface area is 623 Å². The van der Waals surface area contributed by atoms with Crippen molar-refractivity contribution in [3.8, 4) is 22.3 Å². The first-order valence-corrected chi connectivity index (χ1v) is 50.0. The zero-order chi connectivity index (χ0) is 67.8. The maximum atomic E-state index is 13.2. The van der Waals surface area contributed by atoms with Crippen LogP contribution in [0.15, 0.2) is 176 Å². The van der Waals surface area contributed by atoms with Crippen molar-refractivity contribution in [2.45, 2.75) is 102 Å². The van der Waals surface area contributed by atoms with Crippen LogP contribution in [0.25, 0.3) is 44.1 Å². The molecule has 4 N–H and O–H groups in total. The Hall–Kier alpha value is -6.48. The van der Waals surface area contributed by atoms with Crippen LogP contribution in [0, 0.1) is 48.4 Å². The number of fused-ring (bicyclic) bond motifs is 2. The summed E-state index contributed by atoms with van der Waals surface area (Å²) in [5.74, 6) is 0.436. The predicted octanol–water partition coefficient (Wildman–Crippen LogP) is 13.0. The summed E-state index contributed by atoms with van der Waals surface area (Å²) in [6.45, 7) is 1.71. The molecule has 3 atom stereocenters. The van der Waals surface area contributed by atoms with Crippen LogP contribution in [0.4, 0.5) is 28.3 Å². The molecule has 21 nitrogen and oxygen atoms in total. The Kier molecular flexibility index (Phi) is 25.6. The molecule has 0 spiro atoms. The molecule has 3 aliphatic heterocycles. The van der Waals surface area contributed by atoms with Gasteiger partial charge in [-0.15, -0.1) is 0 Å². The first-order valence-electron chi connectivity index (χ1n) is 32.0. The number of carbonyl (C=O) groups is 7. The average Bonchev–Trinajstić information content (AvgIpc) is 1.86. The number of amides is 7. The number of nitrogens with zero attached hydrogens (tertiary/aromatic N) is 9. The van der Waals surface area contributed by atoms with Crippen molar-refractivity contribution >= 4 is 147 Å². The molecule has 5 aromatic carbocycles. The molecule has 0 bridgehead atoms. The molecule has 7 heterocycles. The Bertz CT molecular complexity index is 4270. The van der Waals surface area contributed by atoms with Crippen molar-refractivity contribution in [2.24, 2.45) is 5.92 Å². The third kappa shape index (κ3) is 20.4. The van der Waals surface area contributed by atoms with E-state index in [1.54, 1.807) is 46.7 Å². The Morgan fingerprint density at radius 2 is 0.825 bits per heavy atom. The second kappa shape index (κ2) is 34.5. The molecule has 9 aromatic rings. The molecule has 4 aromatic heterocycles. The number of aromatic nitrogens is 6. The number of hydrogen-bond acceptors (Lipinski definition) is 14. The monoisotopic (exact) mass is 1800 g/mol. The van der Waals surface area contributed by atoms with Crippen LogP contribution in [-0.4, -0.2) is 124 Å². The first kappa shape index (κ1) is 71.8. The van der Waals surface area contributed by atoms with Gasteiger partial charge in [-0.25, -0.2) is 34.7 Å². The van der Waals surface area contributed by atoms with Gasteiger partial charge in [0.2, 0.25) is 47.3 Å². The third-order valence-electron chi connectivity index (χ3n) is 17.2. The van der Waals surface area contributed by atoms with Gasteiger partial charge < -0.3 is 25.2 Å². The molecule has 0 radical (unpaired) electrons. The van der Waals surface area contributed by atoms with E-state index in [1.807, 2.05) is 140 Å². The van der Waals surface area contributed by atoms with E-state index in [0.29, 0.717) is 68.4 Å². The zero-order valence-corrected chi connectivity index (χ0v) is 62.6. The summed E-state index contributed by atoms with van der Waals surface area (Å²) in [7, 11) is 0. The van der Waals surface area contributed by atoms with Crippen LogP contribution in [0.5, 0.6) is 0 Å². The molecule has 26 heteroatoms. The summed E-state index contributed by atoms with van der Waals surface area (Å²) >= 11 is 10.0. The van der Waals surface area contributed by atoms with Gasteiger partial charge in [-0.05, 0) is 128 Å². The minimum atomic E-state index is -0.995. The van der Waals surface area contributed by atoms with Gasteiger partial charge in [0.15, 0.2) is 0 Å². The van der Waals surface area contributed by atoms with E-state index in [0.717, 1.165) is 93.8 Å². The van der Waals surface area contributed by atoms with Crippen LogP contribution >= 0.6 is 59.9 Å². The van der Waals surface area contributed by atoms with Crippen molar-refractivity contribution in [3.63, 3.8) is 0 Å². The summed E-state index contributed by atoms with van der Waals surface area (Å²) in [5.41, 5.74) is 7.48. The topological polar surface area (TPSA) is 264 Å². The number of hydrogen-bond donors (Lipinski definition) is 4. The quantitative estimate of drug-likeness (QED) is 0.0656. The fourth-order valence-electron chi connectivity index (χ4n) is 12.3. The molecule has 3 saturated heterocycles. The van der Waals surface area contributed by atoms with Crippen LogP contribution < -0.4 is 21.3 Å². The molecule has 1 saturated carbocycles. The number of halogens is 3. The first-order chi connectivity index (χ1) is 46.9. The van der Waals surface area contributed by atoms with E-state index >= 15 is 0 Å². The van der Waals surface area contributed by atoms with Gasteiger partial charge in [0.05, 0.1) is 23.9 Å². The summed E-state index contributed by atoms with van der Waals surface area (Å²) in [6.07, 6.45) is 14.7. The van der Waals surface area contributed by atoms with E-state index in [1.165, 1.54) is 4.90 Å². The maximum absolute atomic E-state index is 13.2. The molecule has 4 aliphatic rings. The van der Waals surface area contributed by atoms with Crippen LogP contribution in [0.2, 0.25) is 0 Å². The van der Waals surface area contributed by atoms with E-state index in [9.17, 15) is 33.6 Å². The van der Waals surface area contributed by atoms with Gasteiger partial charge in [-0.1, -0.05) is 116 Å². The summed E-state index contributed by atoms with van der Waals surface area (Å²) in [6, 6.07) is 45.6. The average molecular weight is 1800 g/mol. The van der Waals surface area contributed by atoms with Gasteiger partial charge in [0, 0.05) is 72.2 Å². The SMILES string of the molecule is O=C(Nc1ccc2cc(-c3cnc(NC(=O)[C@@H]4CCCN4C(=O)OCc4ccccc4)nc3)ccc2n1)[C@@H]1CCCN1C(=O)Cc1ccccc1.O=C(Nc1ncc(-c2ccc3nc(NC(=O)[C@@H]4CCCN4C(=O)Cc4ccccc4)ccc3c2)cn1)C1CCCC1.[I][V]([I])([I])[XeH]. The predicted molar refractivity (Wildman–Crippen MR) is 392 cm³/mol. The number of likely N-dealkylation sites (tertiary alicyclic amines) is 3. The summed E-state index contributed by atoms with van der Waals surface area (Å²) in [5, 5.41) is 13.1. The second-order valence-corrected chi connectivity index (χ2v) is 94.6. The standard InChI is InChI=1S/C39H37N7O5.C32H32N6O3.3HI.V.HXe/c47-35(21-26-9-3-1-4-10-26)45-19-7-13-32(45)36(48)43-34-18-16-29-22-28(15-17-31(29)42-34)30-23-40-38(41-24-30)44-37(49)33-14-8-20-46(33)39(50)51-25-27-11-5-2-6-12-27;39-29(17-21-7-2-1-3-8-21)38-16-6-11-27(38)31(41)36-28-15-13-24-18-23(12-14-26(24)35-28)25-19-33-32(34-20-25)37-30(40)22-9-4-5-10-22;;;;;/h1-6,9-12,15-18,22-24,32-33H,7-8,13-14,19-21,25H2,(H,42,43,48)(H,40,41,44,49);1-3,7-8,12-15,18-20,22,27H,4-6,9-11,16-17H2,(H,35,36,41)(H,33,34,37,40);3*1H;;1H/q;;;;;+3;/p-3/t32-,33-;27-;;;;;/m00...../s1. The summed E-state index contributed by atoms with van der Waals surface area (Å²) in [4.78, 5) is 122. The molecule has 4 fully saturated rings. The van der Waals surface area contributed by atoms with Gasteiger partial charge in [0.1, 0.15) is 36.4 Å². The number of ether oxygens (including phenoxy) is 1. The van der Waals surface area contributed by atoms with Gasteiger partial charge >= 0.3 is 103 Å². The van der Waals surface area contributed by atoms with Crippen molar-refractivity contribution in [3.05, 3.63) is 193 Å². The van der Waals surface area contributed by atoms with Crippen molar-refractivity contribution in [2.75, 3.05) is 40.9 Å². The van der Waals surface area contributed by atoms with Crippen LogP contribution in [0.3, 0.4) is 0 Å². The van der Waals surface area contributed by atoms with Gasteiger partial charge in [0.25, 0.3) is 0 Å². The Morgan fingerprint density at radius 3 is 1.26 bits per heavy atom. The van der Waals surface area contributed by atoms with Crippen molar-refractivity contribution in [1.82, 2.24) is 44.6 Å². The number of nitrogens with one attached hydrogen (secondary N) is 4. The molecule has 1 aliphatic carbocycles. The number of rotatable bonds is 16. The molecular formula is C71H70I3N13O8VXe. The fraction of sp³-hybridized carbons (Fsp3) is 0.282.